The first kappa shape index (κ1) is 33.0. The highest BCUT2D eigenvalue weighted by Crippen LogP contribution is 2.41. The van der Waals surface area contributed by atoms with Crippen molar-refractivity contribution in [2.24, 2.45) is 5.92 Å². The zero-order valence-corrected chi connectivity index (χ0v) is 25.0. The second-order valence-electron chi connectivity index (χ2n) is 12.7. The molecule has 2 aliphatic heterocycles. The SMILES string of the molecule is COC(=O)C(C1CC2CCCC(C1)N2C(=O)c1ccc(C(F)(F)F)cc1)N(NC(=O)OC(C)(C)C)C(=O)OC(C)(C)C. The Morgan fingerprint density at radius 1 is 0.905 bits per heavy atom. The van der Waals surface area contributed by atoms with Crippen LogP contribution in [-0.4, -0.2) is 70.4 Å². The fourth-order valence-corrected chi connectivity index (χ4v) is 5.53. The number of hydrazine groups is 1. The maximum absolute atomic E-state index is 13.5. The van der Waals surface area contributed by atoms with E-state index in [1.807, 2.05) is 0 Å². The molecule has 0 spiro atoms. The van der Waals surface area contributed by atoms with Crippen molar-refractivity contribution in [3.05, 3.63) is 35.4 Å². The number of carbonyl (C=O) groups excluding carboxylic acids is 4. The lowest BCUT2D eigenvalue weighted by Crippen LogP contribution is -2.63. The van der Waals surface area contributed by atoms with E-state index < -0.39 is 59.0 Å². The number of halogens is 3. The number of fused-ring (bicyclic) bond motifs is 2. The number of benzene rings is 1. The van der Waals surface area contributed by atoms with Crippen molar-refractivity contribution in [3.63, 3.8) is 0 Å². The van der Waals surface area contributed by atoms with Crippen molar-refractivity contribution in [2.45, 2.75) is 109 Å². The van der Waals surface area contributed by atoms with Gasteiger partial charge in [-0.3, -0.25) is 4.79 Å². The molecule has 234 valence electrons. The van der Waals surface area contributed by atoms with Gasteiger partial charge in [0.1, 0.15) is 11.2 Å². The number of amides is 3. The largest absolute Gasteiger partial charge is 0.467 e. The van der Waals surface area contributed by atoms with Crippen molar-refractivity contribution in [1.82, 2.24) is 15.3 Å². The number of hydrogen-bond acceptors (Lipinski definition) is 7. The summed E-state index contributed by atoms with van der Waals surface area (Å²) in [4.78, 5) is 54.5. The Hall–Kier alpha value is -3.51. The van der Waals surface area contributed by atoms with Gasteiger partial charge in [-0.05, 0) is 104 Å². The van der Waals surface area contributed by atoms with E-state index in [-0.39, 0.29) is 30.5 Å². The van der Waals surface area contributed by atoms with E-state index in [4.69, 9.17) is 14.2 Å². The first-order valence-corrected chi connectivity index (χ1v) is 13.9. The normalized spacial score (nSPS) is 21.6. The van der Waals surface area contributed by atoms with Crippen LogP contribution in [0.5, 0.6) is 0 Å². The molecule has 0 aliphatic carbocycles. The quantitative estimate of drug-likeness (QED) is 0.268. The molecule has 1 aromatic carbocycles. The summed E-state index contributed by atoms with van der Waals surface area (Å²) in [5, 5.41) is 0.804. The van der Waals surface area contributed by atoms with Crippen LogP contribution in [0, 0.1) is 5.92 Å². The van der Waals surface area contributed by atoms with E-state index in [9.17, 15) is 32.3 Å². The van der Waals surface area contributed by atoms with Gasteiger partial charge >= 0.3 is 24.3 Å². The van der Waals surface area contributed by atoms with Crippen LogP contribution in [0.25, 0.3) is 0 Å². The Morgan fingerprint density at radius 2 is 1.43 bits per heavy atom. The van der Waals surface area contributed by atoms with Gasteiger partial charge in [-0.15, -0.1) is 0 Å². The lowest BCUT2D eigenvalue weighted by atomic mass is 9.75. The van der Waals surface area contributed by atoms with E-state index in [1.54, 1.807) is 46.4 Å². The Morgan fingerprint density at radius 3 is 1.88 bits per heavy atom. The van der Waals surface area contributed by atoms with E-state index in [1.165, 1.54) is 19.2 Å². The molecule has 3 rings (SSSR count). The van der Waals surface area contributed by atoms with Gasteiger partial charge in [0.2, 0.25) is 0 Å². The zero-order chi connectivity index (χ0) is 31.6. The van der Waals surface area contributed by atoms with Gasteiger partial charge in [0.15, 0.2) is 6.04 Å². The van der Waals surface area contributed by atoms with Crippen LogP contribution in [0.3, 0.4) is 0 Å². The summed E-state index contributed by atoms with van der Waals surface area (Å²) in [6.45, 7) is 9.85. The van der Waals surface area contributed by atoms with Crippen LogP contribution in [0.15, 0.2) is 24.3 Å². The number of alkyl halides is 3. The monoisotopic (exact) mass is 599 g/mol. The minimum atomic E-state index is -4.52. The van der Waals surface area contributed by atoms with E-state index in [2.05, 4.69) is 5.43 Å². The van der Waals surface area contributed by atoms with Crippen LogP contribution >= 0.6 is 0 Å². The van der Waals surface area contributed by atoms with Crippen molar-refractivity contribution in [2.75, 3.05) is 7.11 Å². The second kappa shape index (κ2) is 12.4. The Labute approximate surface area is 243 Å². The highest BCUT2D eigenvalue weighted by Gasteiger charge is 2.49. The molecule has 0 radical (unpaired) electrons. The summed E-state index contributed by atoms with van der Waals surface area (Å²) < 4.78 is 55.0. The summed E-state index contributed by atoms with van der Waals surface area (Å²) in [5.74, 6) is -1.74. The molecule has 3 amide bonds. The second-order valence-corrected chi connectivity index (χ2v) is 12.7. The number of ether oxygens (including phenoxy) is 3. The number of hydrogen-bond donors (Lipinski definition) is 1. The smallest absolute Gasteiger partial charge is 0.430 e. The summed E-state index contributed by atoms with van der Waals surface area (Å²) in [5.41, 5.74) is -0.199. The number of carbonyl (C=O) groups is 4. The molecule has 2 saturated heterocycles. The predicted octanol–water partition coefficient (Wildman–Crippen LogP) is 5.70. The average molecular weight is 600 g/mol. The first-order chi connectivity index (χ1) is 19.3. The molecule has 0 aromatic heterocycles. The average Bonchev–Trinajstić information content (AvgIpc) is 2.84. The van der Waals surface area contributed by atoms with Crippen LogP contribution < -0.4 is 5.43 Å². The fourth-order valence-electron chi connectivity index (χ4n) is 5.53. The highest BCUT2D eigenvalue weighted by atomic mass is 19.4. The number of methoxy groups -OCH3 is 1. The molecule has 2 aliphatic rings. The first-order valence-electron chi connectivity index (χ1n) is 13.9. The van der Waals surface area contributed by atoms with E-state index in [0.29, 0.717) is 12.8 Å². The number of piperidine rings is 2. The van der Waals surface area contributed by atoms with Crippen LogP contribution in [0.1, 0.15) is 89.6 Å². The highest BCUT2D eigenvalue weighted by molar-refractivity contribution is 5.95. The van der Waals surface area contributed by atoms with Crippen molar-refractivity contribution in [3.8, 4) is 0 Å². The third kappa shape index (κ3) is 8.28. The van der Waals surface area contributed by atoms with Crippen molar-refractivity contribution >= 4 is 24.1 Å². The minimum absolute atomic E-state index is 0.129. The number of nitrogens with one attached hydrogen (secondary N) is 1. The van der Waals surface area contributed by atoms with Gasteiger partial charge in [-0.25, -0.2) is 24.8 Å². The molecule has 2 heterocycles. The van der Waals surface area contributed by atoms with Crippen LogP contribution in [-0.2, 0) is 25.2 Å². The van der Waals surface area contributed by atoms with Crippen molar-refractivity contribution in [1.29, 1.82) is 0 Å². The van der Waals surface area contributed by atoms with Gasteiger partial charge in [0.05, 0.1) is 12.7 Å². The lowest BCUT2D eigenvalue weighted by Gasteiger charge is -2.50. The fraction of sp³-hybridized carbons (Fsp3) is 0.655. The minimum Gasteiger partial charge on any atom is -0.467 e. The van der Waals surface area contributed by atoms with Gasteiger partial charge in [-0.1, -0.05) is 0 Å². The lowest BCUT2D eigenvalue weighted by molar-refractivity contribution is -0.152. The predicted molar refractivity (Wildman–Crippen MR) is 145 cm³/mol. The molecule has 13 heteroatoms. The van der Waals surface area contributed by atoms with Gasteiger partial charge in [0, 0.05) is 17.6 Å². The third-order valence-corrected chi connectivity index (χ3v) is 7.07. The summed E-state index contributed by atoms with van der Waals surface area (Å²) in [7, 11) is 1.17. The Bertz CT molecular complexity index is 1140. The molecule has 1 N–H and O–H groups in total. The molecular weight excluding hydrogens is 559 g/mol. The molecule has 1 aromatic rings. The van der Waals surface area contributed by atoms with Gasteiger partial charge in [-0.2, -0.15) is 13.2 Å². The molecule has 42 heavy (non-hydrogen) atoms. The summed E-state index contributed by atoms with van der Waals surface area (Å²) in [6.07, 6.45) is -3.93. The molecule has 2 bridgehead atoms. The molecule has 3 unspecified atom stereocenters. The molecular formula is C29H40F3N3O7. The zero-order valence-electron chi connectivity index (χ0n) is 25.0. The summed E-state index contributed by atoms with van der Waals surface area (Å²) in [6, 6.07) is 2.08. The standard InChI is InChI=1S/C29H40F3N3O7/c1-27(2,3)41-25(38)33-35(26(39)42-28(4,5)6)22(24(37)40-7)18-15-20-9-8-10-21(16-18)34(20)23(36)17-11-13-19(14-12-17)29(30,31)32/h11-14,18,20-22H,8-10,15-16H2,1-7H3,(H,33,38). The summed E-state index contributed by atoms with van der Waals surface area (Å²) >= 11 is 0. The van der Waals surface area contributed by atoms with E-state index in [0.717, 1.165) is 23.6 Å². The van der Waals surface area contributed by atoms with Gasteiger partial charge in [0.25, 0.3) is 5.91 Å². The van der Waals surface area contributed by atoms with Gasteiger partial charge < -0.3 is 19.1 Å². The molecule has 3 atom stereocenters. The Balaban J connectivity index is 1.91. The number of nitrogens with zero attached hydrogens (tertiary/aromatic N) is 2. The maximum Gasteiger partial charge on any atom is 0.430 e. The number of rotatable bonds is 4. The molecule has 0 saturated carbocycles. The van der Waals surface area contributed by atoms with E-state index >= 15 is 0 Å². The van der Waals surface area contributed by atoms with Crippen molar-refractivity contribution < 1.29 is 46.6 Å². The van der Waals surface area contributed by atoms with Crippen LogP contribution in [0.4, 0.5) is 22.8 Å². The Kier molecular flexibility index (Phi) is 9.73. The number of esters is 1. The third-order valence-electron chi connectivity index (χ3n) is 7.07. The molecule has 10 nitrogen and oxygen atoms in total. The van der Waals surface area contributed by atoms with Crippen LogP contribution in [0.2, 0.25) is 0 Å². The maximum atomic E-state index is 13.5. The topological polar surface area (TPSA) is 114 Å². The molecule has 2 fully saturated rings.